The highest BCUT2D eigenvalue weighted by Gasteiger charge is 2.30. The van der Waals surface area contributed by atoms with Crippen molar-refractivity contribution in [2.75, 3.05) is 5.32 Å². The maximum atomic E-state index is 13.0. The predicted octanol–water partition coefficient (Wildman–Crippen LogP) is 4.85. The first-order valence-electron chi connectivity index (χ1n) is 11.5. The average Bonchev–Trinajstić information content (AvgIpc) is 3.62. The van der Waals surface area contributed by atoms with Gasteiger partial charge in [0.1, 0.15) is 5.75 Å². The number of benzene rings is 2. The largest absolute Gasteiger partial charge is 0.507 e. The van der Waals surface area contributed by atoms with Crippen molar-refractivity contribution >= 4 is 17.6 Å². The summed E-state index contributed by atoms with van der Waals surface area (Å²) in [5.74, 6) is -0.0588. The summed E-state index contributed by atoms with van der Waals surface area (Å²) >= 11 is 0. The van der Waals surface area contributed by atoms with Crippen LogP contribution in [0.1, 0.15) is 45.9 Å². The first kappa shape index (κ1) is 22.3. The maximum absolute atomic E-state index is 13.0. The van der Waals surface area contributed by atoms with Gasteiger partial charge in [-0.15, -0.1) is 0 Å². The molecule has 176 valence electrons. The highest BCUT2D eigenvalue weighted by molar-refractivity contribution is 6.04. The van der Waals surface area contributed by atoms with Gasteiger partial charge >= 0.3 is 6.03 Å². The lowest BCUT2D eigenvalue weighted by Crippen LogP contribution is -2.30. The Morgan fingerprint density at radius 1 is 1.06 bits per heavy atom. The number of phenolic OH excluding ortho intramolecular Hbond substituents is 1. The van der Waals surface area contributed by atoms with E-state index in [4.69, 9.17) is 0 Å². The number of pyridine rings is 1. The van der Waals surface area contributed by atoms with E-state index in [1.807, 2.05) is 37.3 Å². The lowest BCUT2D eigenvalue weighted by molar-refractivity contribution is 0.102. The van der Waals surface area contributed by atoms with Crippen molar-refractivity contribution in [3.63, 3.8) is 0 Å². The molecule has 1 fully saturated rings. The fourth-order valence-electron chi connectivity index (χ4n) is 3.95. The van der Waals surface area contributed by atoms with Crippen molar-refractivity contribution < 1.29 is 14.7 Å². The van der Waals surface area contributed by atoms with Gasteiger partial charge in [-0.3, -0.25) is 9.78 Å². The number of hydrogen-bond donors (Lipinski definition) is 3. The highest BCUT2D eigenvalue weighted by atomic mass is 16.3. The number of aryl methyl sites for hydroxylation is 1. The molecule has 0 spiro atoms. The van der Waals surface area contributed by atoms with Crippen LogP contribution in [0.2, 0.25) is 0 Å². The van der Waals surface area contributed by atoms with Gasteiger partial charge in [0.25, 0.3) is 5.91 Å². The van der Waals surface area contributed by atoms with Crippen LogP contribution in [0.5, 0.6) is 5.75 Å². The molecule has 8 heteroatoms. The number of phenols is 1. The first-order chi connectivity index (χ1) is 17.0. The maximum Gasteiger partial charge on any atom is 0.342 e. The van der Waals surface area contributed by atoms with Crippen LogP contribution in [0.15, 0.2) is 73.1 Å². The van der Waals surface area contributed by atoms with Crippen LogP contribution in [0, 0.1) is 6.92 Å². The SMILES string of the molecule is Cc1ccccc1CNC(=O)n1nc(-c2ccc(NC(=O)c3ccncc3)cc2O)cc1C1CC1. The quantitative estimate of drug-likeness (QED) is 0.376. The van der Waals surface area contributed by atoms with Crippen LogP contribution < -0.4 is 10.6 Å². The van der Waals surface area contributed by atoms with Crippen molar-refractivity contribution in [1.82, 2.24) is 20.1 Å². The van der Waals surface area contributed by atoms with Gasteiger partial charge in [0.05, 0.1) is 11.4 Å². The average molecular weight is 468 g/mol. The zero-order chi connectivity index (χ0) is 24.4. The Labute approximate surface area is 202 Å². The number of nitrogens with one attached hydrogen (secondary N) is 2. The Morgan fingerprint density at radius 3 is 2.54 bits per heavy atom. The van der Waals surface area contributed by atoms with E-state index < -0.39 is 0 Å². The third-order valence-electron chi connectivity index (χ3n) is 6.09. The van der Waals surface area contributed by atoms with E-state index in [9.17, 15) is 14.7 Å². The van der Waals surface area contributed by atoms with E-state index in [0.29, 0.717) is 29.1 Å². The summed E-state index contributed by atoms with van der Waals surface area (Å²) in [6, 6.07) is 17.5. The number of carbonyl (C=O) groups excluding carboxylic acids is 2. The molecule has 1 saturated carbocycles. The third kappa shape index (κ3) is 4.91. The van der Waals surface area contributed by atoms with Crippen molar-refractivity contribution in [2.45, 2.75) is 32.2 Å². The van der Waals surface area contributed by atoms with Crippen LogP contribution in [-0.4, -0.2) is 31.8 Å². The van der Waals surface area contributed by atoms with Gasteiger partial charge in [0.15, 0.2) is 0 Å². The summed E-state index contributed by atoms with van der Waals surface area (Å²) in [7, 11) is 0. The molecular formula is C27H25N5O3. The monoisotopic (exact) mass is 467 g/mol. The lowest BCUT2D eigenvalue weighted by Gasteiger charge is -2.09. The number of rotatable bonds is 6. The summed E-state index contributed by atoms with van der Waals surface area (Å²) in [6.07, 6.45) is 5.09. The molecule has 0 unspecified atom stereocenters. The molecule has 1 aliphatic carbocycles. The summed E-state index contributed by atoms with van der Waals surface area (Å²) in [4.78, 5) is 29.3. The van der Waals surface area contributed by atoms with Crippen LogP contribution in [-0.2, 0) is 6.54 Å². The molecule has 0 bridgehead atoms. The van der Waals surface area contributed by atoms with Gasteiger partial charge in [0.2, 0.25) is 0 Å². The van der Waals surface area contributed by atoms with Gasteiger partial charge in [0, 0.05) is 47.7 Å². The fourth-order valence-corrected chi connectivity index (χ4v) is 3.95. The lowest BCUT2D eigenvalue weighted by atomic mass is 10.1. The third-order valence-corrected chi connectivity index (χ3v) is 6.09. The van der Waals surface area contributed by atoms with E-state index >= 15 is 0 Å². The van der Waals surface area contributed by atoms with Crippen molar-refractivity contribution in [2.24, 2.45) is 0 Å². The minimum atomic E-state index is -0.304. The Kier molecular flexibility index (Phi) is 6.01. The van der Waals surface area contributed by atoms with E-state index in [0.717, 1.165) is 29.7 Å². The Morgan fingerprint density at radius 2 is 1.83 bits per heavy atom. The molecule has 5 rings (SSSR count). The second kappa shape index (κ2) is 9.42. The molecule has 3 N–H and O–H groups in total. The number of anilines is 1. The molecule has 0 radical (unpaired) electrons. The van der Waals surface area contributed by atoms with E-state index in [1.165, 1.54) is 10.7 Å². The number of aromatic hydroxyl groups is 1. The second-order valence-electron chi connectivity index (χ2n) is 8.65. The topological polar surface area (TPSA) is 109 Å². The number of aromatic nitrogens is 3. The van der Waals surface area contributed by atoms with Gasteiger partial charge in [-0.2, -0.15) is 9.78 Å². The molecule has 8 nitrogen and oxygen atoms in total. The molecule has 0 saturated heterocycles. The molecule has 2 heterocycles. The molecule has 1 aliphatic rings. The van der Waals surface area contributed by atoms with Crippen molar-refractivity contribution in [3.05, 3.63) is 95.4 Å². The summed E-state index contributed by atoms with van der Waals surface area (Å²) in [6.45, 7) is 2.41. The van der Waals surface area contributed by atoms with E-state index in [2.05, 4.69) is 20.7 Å². The fraction of sp³-hybridized carbons (Fsp3) is 0.185. The number of amides is 2. The van der Waals surface area contributed by atoms with Crippen molar-refractivity contribution in [3.8, 4) is 17.0 Å². The molecule has 2 aromatic heterocycles. The summed E-state index contributed by atoms with van der Waals surface area (Å²) < 4.78 is 1.41. The number of hydrogen-bond acceptors (Lipinski definition) is 5. The van der Waals surface area contributed by atoms with Crippen LogP contribution in [0.3, 0.4) is 0 Å². The highest BCUT2D eigenvalue weighted by Crippen LogP contribution is 2.42. The van der Waals surface area contributed by atoms with Crippen molar-refractivity contribution in [1.29, 1.82) is 0 Å². The van der Waals surface area contributed by atoms with Crippen LogP contribution >= 0.6 is 0 Å². The minimum absolute atomic E-state index is 0.0372. The van der Waals surface area contributed by atoms with Gasteiger partial charge in [-0.05, 0) is 61.2 Å². The normalized spacial score (nSPS) is 12.8. The predicted molar refractivity (Wildman–Crippen MR) is 132 cm³/mol. The number of nitrogens with zero attached hydrogens (tertiary/aromatic N) is 3. The second-order valence-corrected chi connectivity index (χ2v) is 8.65. The number of carbonyl (C=O) groups is 2. The van der Waals surface area contributed by atoms with Crippen LogP contribution in [0.25, 0.3) is 11.3 Å². The summed E-state index contributed by atoms with van der Waals surface area (Å²) in [5.41, 5.74) is 4.89. The first-order valence-corrected chi connectivity index (χ1v) is 11.5. The van der Waals surface area contributed by atoms with Gasteiger partial charge in [-0.25, -0.2) is 4.79 Å². The molecule has 0 aliphatic heterocycles. The smallest absolute Gasteiger partial charge is 0.342 e. The molecule has 2 aromatic carbocycles. The Balaban J connectivity index is 1.35. The zero-order valence-corrected chi connectivity index (χ0v) is 19.2. The van der Waals surface area contributed by atoms with E-state index in [1.54, 1.807) is 36.7 Å². The standard InChI is InChI=1S/C27H25N5O3/c1-17-4-2-3-5-20(17)16-29-27(35)32-24(18-6-7-18)15-23(31-32)22-9-8-21(14-25(22)33)30-26(34)19-10-12-28-13-11-19/h2-5,8-15,18,33H,6-7,16H2,1H3,(H,29,35)(H,30,34). The molecular weight excluding hydrogens is 442 g/mol. The Bertz CT molecular complexity index is 1390. The van der Waals surface area contributed by atoms with Gasteiger partial charge < -0.3 is 15.7 Å². The molecule has 35 heavy (non-hydrogen) atoms. The summed E-state index contributed by atoms with van der Waals surface area (Å²) in [5, 5.41) is 20.9. The molecule has 0 atom stereocenters. The van der Waals surface area contributed by atoms with Crippen LogP contribution in [0.4, 0.5) is 10.5 Å². The molecule has 4 aromatic rings. The zero-order valence-electron chi connectivity index (χ0n) is 19.2. The van der Waals surface area contributed by atoms with Gasteiger partial charge in [-0.1, -0.05) is 24.3 Å². The minimum Gasteiger partial charge on any atom is -0.507 e. The Hall–Kier alpha value is -4.46. The van der Waals surface area contributed by atoms with E-state index in [-0.39, 0.29) is 23.6 Å². The molecule has 2 amide bonds.